The predicted octanol–water partition coefficient (Wildman–Crippen LogP) is 2.55. The summed E-state index contributed by atoms with van der Waals surface area (Å²) in [6.07, 6.45) is -4.39. The first-order valence-electron chi connectivity index (χ1n) is 7.38. The smallest absolute Gasteiger partial charge is 0.338 e. The van der Waals surface area contributed by atoms with E-state index in [-0.39, 0.29) is 5.82 Å². The zero-order valence-electron chi connectivity index (χ0n) is 12.6. The van der Waals surface area contributed by atoms with Crippen molar-refractivity contribution in [1.82, 2.24) is 20.4 Å². The Hall–Kier alpha value is -1.93. The van der Waals surface area contributed by atoms with Gasteiger partial charge in [0, 0.05) is 31.2 Å². The normalized spacial score (nSPS) is 19.9. The molecule has 0 saturated carbocycles. The quantitative estimate of drug-likeness (QED) is 0.939. The largest absolute Gasteiger partial charge is 0.416 e. The summed E-state index contributed by atoms with van der Waals surface area (Å²) in [5, 5.41) is 7.09. The number of rotatable bonds is 3. The van der Waals surface area contributed by atoms with E-state index in [9.17, 15) is 13.2 Å². The number of hydrogen-bond donors (Lipinski definition) is 1. The molecule has 23 heavy (non-hydrogen) atoms. The molecule has 0 aliphatic carbocycles. The maximum absolute atomic E-state index is 12.8. The monoisotopic (exact) mass is 326 g/mol. The lowest BCUT2D eigenvalue weighted by Gasteiger charge is -2.32. The molecule has 1 saturated heterocycles. The minimum absolute atomic E-state index is 0.175. The van der Waals surface area contributed by atoms with Crippen LogP contribution in [0, 0.1) is 0 Å². The molecule has 0 bridgehead atoms. The van der Waals surface area contributed by atoms with E-state index >= 15 is 0 Å². The average Bonchev–Trinajstić information content (AvgIpc) is 2.98. The van der Waals surface area contributed by atoms with Crippen molar-refractivity contribution in [3.63, 3.8) is 0 Å². The SMILES string of the molecule is C[C@H]1CNCCN1Cc1nc(-c2cccc(C(F)(F)F)c2)no1. The lowest BCUT2D eigenvalue weighted by atomic mass is 10.1. The highest BCUT2D eigenvalue weighted by Gasteiger charge is 2.31. The van der Waals surface area contributed by atoms with E-state index in [2.05, 4.69) is 27.3 Å². The number of nitrogens with one attached hydrogen (secondary N) is 1. The molecule has 5 nitrogen and oxygen atoms in total. The van der Waals surface area contributed by atoms with Gasteiger partial charge in [-0.3, -0.25) is 4.90 Å². The zero-order chi connectivity index (χ0) is 16.4. The Labute approximate surface area is 131 Å². The number of halogens is 3. The molecule has 0 radical (unpaired) electrons. The molecule has 8 heteroatoms. The second-order valence-electron chi connectivity index (χ2n) is 5.61. The van der Waals surface area contributed by atoms with Gasteiger partial charge in [0.1, 0.15) is 0 Å². The van der Waals surface area contributed by atoms with E-state index in [1.165, 1.54) is 12.1 Å². The van der Waals surface area contributed by atoms with E-state index in [0.29, 0.717) is 24.0 Å². The van der Waals surface area contributed by atoms with Crippen LogP contribution in [0.3, 0.4) is 0 Å². The molecule has 1 aliphatic heterocycles. The third-order valence-electron chi connectivity index (χ3n) is 3.89. The van der Waals surface area contributed by atoms with Gasteiger partial charge >= 0.3 is 6.18 Å². The van der Waals surface area contributed by atoms with Crippen LogP contribution >= 0.6 is 0 Å². The van der Waals surface area contributed by atoms with Crippen LogP contribution in [0.5, 0.6) is 0 Å². The molecular weight excluding hydrogens is 309 g/mol. The Morgan fingerprint density at radius 2 is 2.22 bits per heavy atom. The third kappa shape index (κ3) is 3.70. The van der Waals surface area contributed by atoms with Gasteiger partial charge < -0.3 is 9.84 Å². The van der Waals surface area contributed by atoms with Gasteiger partial charge in [0.15, 0.2) is 0 Å². The molecule has 0 amide bonds. The zero-order valence-corrected chi connectivity index (χ0v) is 12.6. The molecule has 1 fully saturated rings. The van der Waals surface area contributed by atoms with E-state index in [4.69, 9.17) is 4.52 Å². The highest BCUT2D eigenvalue weighted by Crippen LogP contribution is 2.31. The van der Waals surface area contributed by atoms with Crippen LogP contribution in [-0.2, 0) is 12.7 Å². The Balaban J connectivity index is 1.77. The number of nitrogens with zero attached hydrogens (tertiary/aromatic N) is 3. The minimum Gasteiger partial charge on any atom is -0.338 e. The van der Waals surface area contributed by atoms with Crippen molar-refractivity contribution in [3.05, 3.63) is 35.7 Å². The van der Waals surface area contributed by atoms with Crippen LogP contribution in [0.15, 0.2) is 28.8 Å². The fourth-order valence-electron chi connectivity index (χ4n) is 2.56. The number of alkyl halides is 3. The van der Waals surface area contributed by atoms with Crippen molar-refractivity contribution in [2.75, 3.05) is 19.6 Å². The van der Waals surface area contributed by atoms with Gasteiger partial charge in [0.2, 0.25) is 11.7 Å². The topological polar surface area (TPSA) is 54.2 Å². The van der Waals surface area contributed by atoms with Gasteiger partial charge in [-0.1, -0.05) is 17.3 Å². The van der Waals surface area contributed by atoms with E-state index in [1.807, 2.05) is 0 Å². The van der Waals surface area contributed by atoms with Gasteiger partial charge in [-0.25, -0.2) is 0 Å². The van der Waals surface area contributed by atoms with Gasteiger partial charge in [0.05, 0.1) is 12.1 Å². The first kappa shape index (κ1) is 15.9. The third-order valence-corrected chi connectivity index (χ3v) is 3.89. The Bertz CT molecular complexity index is 671. The number of hydrogen-bond acceptors (Lipinski definition) is 5. The van der Waals surface area contributed by atoms with E-state index in [0.717, 1.165) is 31.8 Å². The minimum atomic E-state index is -4.39. The number of aromatic nitrogens is 2. The van der Waals surface area contributed by atoms with Gasteiger partial charge in [0.25, 0.3) is 0 Å². The fourth-order valence-corrected chi connectivity index (χ4v) is 2.56. The van der Waals surface area contributed by atoms with Gasteiger partial charge in [-0.05, 0) is 19.1 Å². The number of piperazine rings is 1. The lowest BCUT2D eigenvalue weighted by Crippen LogP contribution is -2.49. The molecule has 1 aliphatic rings. The predicted molar refractivity (Wildman–Crippen MR) is 77.5 cm³/mol. The first-order valence-corrected chi connectivity index (χ1v) is 7.38. The molecule has 2 heterocycles. The molecule has 0 unspecified atom stereocenters. The van der Waals surface area contributed by atoms with E-state index < -0.39 is 11.7 Å². The summed E-state index contributed by atoms with van der Waals surface area (Å²) in [5.74, 6) is 0.583. The van der Waals surface area contributed by atoms with Crippen molar-refractivity contribution in [2.24, 2.45) is 0 Å². The van der Waals surface area contributed by atoms with Crippen LogP contribution in [0.4, 0.5) is 13.2 Å². The molecule has 3 rings (SSSR count). The highest BCUT2D eigenvalue weighted by atomic mass is 19.4. The Morgan fingerprint density at radius 3 is 2.96 bits per heavy atom. The second kappa shape index (κ2) is 6.29. The average molecular weight is 326 g/mol. The first-order chi connectivity index (χ1) is 10.9. The molecule has 2 aromatic rings. The summed E-state index contributed by atoms with van der Waals surface area (Å²) < 4.78 is 43.5. The summed E-state index contributed by atoms with van der Waals surface area (Å²) in [6.45, 7) is 5.22. The van der Waals surface area contributed by atoms with Crippen LogP contribution < -0.4 is 5.32 Å². The van der Waals surface area contributed by atoms with Gasteiger partial charge in [-0.15, -0.1) is 0 Å². The van der Waals surface area contributed by atoms with Crippen LogP contribution in [-0.4, -0.2) is 40.7 Å². The summed E-state index contributed by atoms with van der Waals surface area (Å²) in [4.78, 5) is 6.42. The molecule has 124 valence electrons. The maximum Gasteiger partial charge on any atom is 0.416 e. The molecule has 0 spiro atoms. The summed E-state index contributed by atoms with van der Waals surface area (Å²) in [6, 6.07) is 5.27. The van der Waals surface area contributed by atoms with Crippen LogP contribution in [0.25, 0.3) is 11.4 Å². The van der Waals surface area contributed by atoms with Crippen molar-refractivity contribution in [1.29, 1.82) is 0 Å². The molecule has 1 N–H and O–H groups in total. The van der Waals surface area contributed by atoms with Crippen LogP contribution in [0.2, 0.25) is 0 Å². The Kier molecular flexibility index (Phi) is 4.36. The van der Waals surface area contributed by atoms with Crippen molar-refractivity contribution in [2.45, 2.75) is 25.7 Å². The van der Waals surface area contributed by atoms with Crippen molar-refractivity contribution >= 4 is 0 Å². The standard InChI is InChI=1S/C15H17F3N4O/c1-10-8-19-5-6-22(10)9-13-20-14(21-23-13)11-3-2-4-12(7-11)15(16,17)18/h2-4,7,10,19H,5-6,8-9H2,1H3/t10-/m0/s1. The van der Waals surface area contributed by atoms with E-state index in [1.54, 1.807) is 0 Å². The maximum atomic E-state index is 12.8. The number of benzene rings is 1. The lowest BCUT2D eigenvalue weighted by molar-refractivity contribution is -0.137. The van der Waals surface area contributed by atoms with Crippen LogP contribution in [0.1, 0.15) is 18.4 Å². The molecule has 1 aromatic heterocycles. The van der Waals surface area contributed by atoms with Crippen molar-refractivity contribution in [3.8, 4) is 11.4 Å². The summed E-state index contributed by atoms with van der Waals surface area (Å²) in [7, 11) is 0. The second-order valence-corrected chi connectivity index (χ2v) is 5.61. The Morgan fingerprint density at radius 1 is 1.39 bits per heavy atom. The summed E-state index contributed by atoms with van der Waals surface area (Å²) in [5.41, 5.74) is -0.430. The van der Waals surface area contributed by atoms with Crippen molar-refractivity contribution < 1.29 is 17.7 Å². The highest BCUT2D eigenvalue weighted by molar-refractivity contribution is 5.55. The molecule has 1 atom stereocenters. The summed E-state index contributed by atoms with van der Waals surface area (Å²) >= 11 is 0. The fraction of sp³-hybridized carbons (Fsp3) is 0.467. The molecule has 1 aromatic carbocycles. The molecular formula is C15H17F3N4O. The van der Waals surface area contributed by atoms with Gasteiger partial charge in [-0.2, -0.15) is 18.2 Å².